The van der Waals surface area contributed by atoms with Crippen LogP contribution in [0.3, 0.4) is 0 Å². The first-order valence-corrected chi connectivity index (χ1v) is 8.20. The van der Waals surface area contributed by atoms with E-state index >= 15 is 0 Å². The van der Waals surface area contributed by atoms with E-state index in [0.29, 0.717) is 24.6 Å². The lowest BCUT2D eigenvalue weighted by atomic mass is 9.96. The summed E-state index contributed by atoms with van der Waals surface area (Å²) in [5, 5.41) is 0.649. The molecule has 0 spiro atoms. The lowest BCUT2D eigenvalue weighted by Gasteiger charge is -2.34. The van der Waals surface area contributed by atoms with Crippen LogP contribution in [0.25, 0.3) is 0 Å². The number of likely N-dealkylation sites (tertiary alicyclic amines) is 1. The number of methoxy groups -OCH3 is 1. The molecule has 0 bridgehead atoms. The summed E-state index contributed by atoms with van der Waals surface area (Å²) in [6, 6.07) is 5.50. The molecule has 1 aliphatic rings. The van der Waals surface area contributed by atoms with Crippen molar-refractivity contribution in [2.45, 2.75) is 31.3 Å². The molecule has 0 aromatic heterocycles. The van der Waals surface area contributed by atoms with Gasteiger partial charge in [-0.05, 0) is 46.5 Å². The van der Waals surface area contributed by atoms with Gasteiger partial charge >= 0.3 is 0 Å². The Morgan fingerprint density at radius 3 is 2.95 bits per heavy atom. The van der Waals surface area contributed by atoms with E-state index in [1.54, 1.807) is 7.11 Å². The van der Waals surface area contributed by atoms with Crippen LogP contribution in [-0.4, -0.2) is 37.1 Å². The predicted octanol–water partition coefficient (Wildman–Crippen LogP) is 3.13. The molecule has 116 valence electrons. The highest BCUT2D eigenvalue weighted by Gasteiger charge is 2.32. The molecule has 2 N–H and O–H groups in total. The topological polar surface area (TPSA) is 55.6 Å². The highest BCUT2D eigenvalue weighted by molar-refractivity contribution is 9.10. The minimum absolute atomic E-state index is 0.0821. The first-order valence-electron chi connectivity index (χ1n) is 7.03. The third-order valence-corrected chi connectivity index (χ3v) is 5.03. The number of amides is 1. The highest BCUT2D eigenvalue weighted by atomic mass is 79.9. The molecule has 1 saturated heterocycles. The summed E-state index contributed by atoms with van der Waals surface area (Å²) < 4.78 is 5.95. The molecule has 0 saturated carbocycles. The first kappa shape index (κ1) is 16.7. The summed E-state index contributed by atoms with van der Waals surface area (Å²) in [6.45, 7) is 1.05. The van der Waals surface area contributed by atoms with Crippen LogP contribution in [0.1, 0.15) is 30.9 Å². The Hall–Kier alpha value is -0.620. The van der Waals surface area contributed by atoms with Crippen molar-refractivity contribution >= 4 is 33.4 Å². The molecule has 2 atom stereocenters. The summed E-state index contributed by atoms with van der Waals surface area (Å²) in [5.41, 5.74) is 7.35. The smallest absolute Gasteiger partial charge is 0.223 e. The van der Waals surface area contributed by atoms with Crippen molar-refractivity contribution in [3.8, 4) is 0 Å². The van der Waals surface area contributed by atoms with Gasteiger partial charge in [-0.15, -0.1) is 0 Å². The second-order valence-electron chi connectivity index (χ2n) is 5.25. The fourth-order valence-corrected chi connectivity index (χ4v) is 3.27. The van der Waals surface area contributed by atoms with Crippen molar-refractivity contribution < 1.29 is 9.53 Å². The number of carbonyl (C=O) groups excluding carboxylic acids is 1. The van der Waals surface area contributed by atoms with Crippen LogP contribution < -0.4 is 5.73 Å². The molecular weight excluding hydrogens is 356 g/mol. The van der Waals surface area contributed by atoms with Crippen LogP contribution in [0.5, 0.6) is 0 Å². The van der Waals surface area contributed by atoms with Crippen LogP contribution in [0.2, 0.25) is 5.02 Å². The molecule has 1 aromatic rings. The Bertz CT molecular complexity index is 512. The minimum Gasteiger partial charge on any atom is -0.383 e. The van der Waals surface area contributed by atoms with Crippen molar-refractivity contribution in [2.24, 2.45) is 5.73 Å². The van der Waals surface area contributed by atoms with Crippen LogP contribution in [0, 0.1) is 0 Å². The van der Waals surface area contributed by atoms with E-state index in [9.17, 15) is 4.79 Å². The number of hydrogen-bond acceptors (Lipinski definition) is 3. The number of ether oxygens (including phenoxy) is 1. The zero-order chi connectivity index (χ0) is 15.4. The molecule has 2 unspecified atom stereocenters. The molecule has 1 heterocycles. The van der Waals surface area contributed by atoms with Crippen LogP contribution in [-0.2, 0) is 9.53 Å². The molecule has 0 radical (unpaired) electrons. The van der Waals surface area contributed by atoms with Crippen LogP contribution in [0.15, 0.2) is 22.7 Å². The lowest BCUT2D eigenvalue weighted by molar-refractivity contribution is -0.134. The van der Waals surface area contributed by atoms with E-state index in [2.05, 4.69) is 15.9 Å². The quantitative estimate of drug-likeness (QED) is 0.879. The molecule has 1 fully saturated rings. The van der Waals surface area contributed by atoms with Gasteiger partial charge in [0.2, 0.25) is 5.91 Å². The monoisotopic (exact) mass is 374 g/mol. The van der Waals surface area contributed by atoms with Crippen molar-refractivity contribution in [1.82, 2.24) is 4.90 Å². The number of benzene rings is 1. The van der Waals surface area contributed by atoms with Crippen molar-refractivity contribution in [3.05, 3.63) is 33.3 Å². The van der Waals surface area contributed by atoms with Gasteiger partial charge in [0.05, 0.1) is 17.7 Å². The van der Waals surface area contributed by atoms with Gasteiger partial charge in [0.1, 0.15) is 0 Å². The largest absolute Gasteiger partial charge is 0.383 e. The maximum Gasteiger partial charge on any atom is 0.223 e. The number of nitrogens with zero attached hydrogens (tertiary/aromatic N) is 1. The van der Waals surface area contributed by atoms with E-state index in [0.717, 1.165) is 22.9 Å². The van der Waals surface area contributed by atoms with Crippen LogP contribution >= 0.6 is 27.5 Å². The van der Waals surface area contributed by atoms with E-state index in [1.807, 2.05) is 23.1 Å². The number of nitrogens with two attached hydrogens (primary N) is 1. The maximum absolute atomic E-state index is 12.4. The first-order chi connectivity index (χ1) is 10.0. The van der Waals surface area contributed by atoms with E-state index in [1.165, 1.54) is 0 Å². The third kappa shape index (κ3) is 3.97. The summed E-state index contributed by atoms with van der Waals surface area (Å²) in [4.78, 5) is 14.2. The predicted molar refractivity (Wildman–Crippen MR) is 87.3 cm³/mol. The fraction of sp³-hybridized carbons (Fsp3) is 0.533. The van der Waals surface area contributed by atoms with Crippen molar-refractivity contribution in [1.29, 1.82) is 0 Å². The molecular formula is C15H20BrClN2O2. The Labute approximate surface area is 138 Å². The SMILES string of the molecule is COCCN1C(=O)CCCC(N)C1c1ccc(Cl)c(Br)c1. The standard InChI is InChI=1S/C15H20BrClN2O2/c1-21-8-7-19-14(20)4-2-3-13(18)15(19)10-5-6-12(17)11(16)9-10/h5-6,9,13,15H,2-4,7-8,18H2,1H3. The summed E-state index contributed by atoms with van der Waals surface area (Å²) >= 11 is 9.50. The Morgan fingerprint density at radius 2 is 2.29 bits per heavy atom. The molecule has 0 aliphatic carbocycles. The molecule has 1 amide bonds. The Kier molecular flexibility index (Phi) is 6.05. The molecule has 4 nitrogen and oxygen atoms in total. The highest BCUT2D eigenvalue weighted by Crippen LogP contribution is 2.33. The molecule has 1 aliphatic heterocycles. The zero-order valence-electron chi connectivity index (χ0n) is 12.0. The number of hydrogen-bond donors (Lipinski definition) is 1. The average molecular weight is 376 g/mol. The average Bonchev–Trinajstić information content (AvgIpc) is 2.59. The second kappa shape index (κ2) is 7.58. The number of rotatable bonds is 4. The van der Waals surface area contributed by atoms with E-state index in [-0.39, 0.29) is 18.0 Å². The van der Waals surface area contributed by atoms with Gasteiger partial charge in [0, 0.05) is 30.6 Å². The van der Waals surface area contributed by atoms with Gasteiger partial charge in [-0.2, -0.15) is 0 Å². The molecule has 6 heteroatoms. The van der Waals surface area contributed by atoms with Crippen LogP contribution in [0.4, 0.5) is 0 Å². The Morgan fingerprint density at radius 1 is 1.52 bits per heavy atom. The molecule has 1 aromatic carbocycles. The second-order valence-corrected chi connectivity index (χ2v) is 6.52. The minimum atomic E-state index is -0.135. The van der Waals surface area contributed by atoms with Gasteiger partial charge in [-0.25, -0.2) is 0 Å². The number of carbonyl (C=O) groups is 1. The van der Waals surface area contributed by atoms with E-state index < -0.39 is 0 Å². The van der Waals surface area contributed by atoms with Crippen molar-refractivity contribution in [2.75, 3.05) is 20.3 Å². The lowest BCUT2D eigenvalue weighted by Crippen LogP contribution is -2.43. The van der Waals surface area contributed by atoms with Crippen molar-refractivity contribution in [3.63, 3.8) is 0 Å². The summed E-state index contributed by atoms with van der Waals surface area (Å²) in [7, 11) is 1.64. The normalized spacial score (nSPS) is 23.2. The summed E-state index contributed by atoms with van der Waals surface area (Å²) in [5.74, 6) is 0.135. The Balaban J connectivity index is 2.36. The van der Waals surface area contributed by atoms with Gasteiger partial charge in [0.15, 0.2) is 0 Å². The zero-order valence-corrected chi connectivity index (χ0v) is 14.4. The molecule has 21 heavy (non-hydrogen) atoms. The number of halogens is 2. The van der Waals surface area contributed by atoms with Gasteiger partial charge in [-0.3, -0.25) is 4.79 Å². The van der Waals surface area contributed by atoms with Gasteiger partial charge in [0.25, 0.3) is 0 Å². The van der Waals surface area contributed by atoms with E-state index in [4.69, 9.17) is 22.1 Å². The van der Waals surface area contributed by atoms with Gasteiger partial charge in [-0.1, -0.05) is 17.7 Å². The van der Waals surface area contributed by atoms with Gasteiger partial charge < -0.3 is 15.4 Å². The fourth-order valence-electron chi connectivity index (χ4n) is 2.75. The third-order valence-electron chi connectivity index (χ3n) is 3.81. The summed E-state index contributed by atoms with van der Waals surface area (Å²) in [6.07, 6.45) is 2.21. The maximum atomic E-state index is 12.4. The molecule has 2 rings (SSSR count).